The highest BCUT2D eigenvalue weighted by Crippen LogP contribution is 2.14. The summed E-state index contributed by atoms with van der Waals surface area (Å²) in [6.07, 6.45) is 1.32. The molecule has 0 atom stereocenters. The van der Waals surface area contributed by atoms with Gasteiger partial charge in [-0.1, -0.05) is 19.1 Å². The predicted octanol–water partition coefficient (Wildman–Crippen LogP) is 3.80. The van der Waals surface area contributed by atoms with Gasteiger partial charge in [-0.25, -0.2) is 4.79 Å². The molecule has 0 unspecified atom stereocenters. The molecule has 0 saturated carbocycles. The molecule has 0 aliphatic heterocycles. The first-order valence-electron chi connectivity index (χ1n) is 5.79. The molecule has 1 aromatic carbocycles. The number of carbonyl (C=O) groups is 1. The van der Waals surface area contributed by atoms with Gasteiger partial charge in [0.25, 0.3) is 0 Å². The smallest absolute Gasteiger partial charge is 0.412 e. The van der Waals surface area contributed by atoms with Crippen LogP contribution in [0.5, 0.6) is 0 Å². The van der Waals surface area contributed by atoms with E-state index in [-0.39, 0.29) is 0 Å². The lowest BCUT2D eigenvalue weighted by atomic mass is 10.1. The number of hydrogen-bond donors (Lipinski definition) is 1. The zero-order valence-corrected chi connectivity index (χ0v) is 10.7. The number of amides is 1. The lowest BCUT2D eigenvalue weighted by Crippen LogP contribution is -2.27. The fraction of sp³-hybridized carbons (Fsp3) is 0.429. The molecule has 0 aromatic heterocycles. The van der Waals surface area contributed by atoms with Gasteiger partial charge in [0.05, 0.1) is 0 Å². The Hall–Kier alpha value is -1.51. The average Bonchev–Trinajstić information content (AvgIpc) is 2.15. The fourth-order valence-corrected chi connectivity index (χ4v) is 1.43. The van der Waals surface area contributed by atoms with Crippen molar-refractivity contribution in [3.8, 4) is 0 Å². The molecule has 3 heteroatoms. The Labute approximate surface area is 103 Å². The number of nitrogens with one attached hydrogen (secondary N) is 1. The average molecular weight is 234 g/mol. The van der Waals surface area contributed by atoms with Crippen LogP contribution < -0.4 is 5.32 Å². The van der Waals surface area contributed by atoms with Crippen LogP contribution in [0.25, 0.3) is 0 Å². The molecule has 0 fully saturated rings. The highest BCUT2D eigenvalue weighted by Gasteiger charge is 2.16. The van der Waals surface area contributed by atoms with Crippen LogP contribution in [-0.2, 0) is 11.2 Å². The molecule has 93 valence electrons. The van der Waals surface area contributed by atoms with E-state index in [1.807, 2.05) is 45.0 Å². The summed E-state index contributed by atoms with van der Waals surface area (Å²) in [4.78, 5) is 11.6. The van der Waals surface area contributed by atoms with E-state index in [4.69, 9.17) is 4.74 Å². The topological polar surface area (TPSA) is 38.3 Å². The number of benzene rings is 1. The van der Waals surface area contributed by atoms with Gasteiger partial charge in [0, 0.05) is 5.69 Å². The number of ether oxygens (including phenoxy) is 1. The van der Waals surface area contributed by atoms with Crippen molar-refractivity contribution >= 4 is 11.8 Å². The van der Waals surface area contributed by atoms with Crippen LogP contribution in [0, 0.1) is 6.92 Å². The van der Waals surface area contributed by atoms with Gasteiger partial charge in [0.1, 0.15) is 5.60 Å². The molecule has 3 nitrogen and oxygen atoms in total. The molecule has 0 bridgehead atoms. The third kappa shape index (κ3) is 5.38. The molecular formula is C14H20NO2. The predicted molar refractivity (Wildman–Crippen MR) is 70.0 cm³/mol. The summed E-state index contributed by atoms with van der Waals surface area (Å²) in [5.74, 6) is 0. The van der Waals surface area contributed by atoms with Crippen molar-refractivity contribution in [3.05, 3.63) is 36.8 Å². The molecule has 1 N–H and O–H groups in total. The van der Waals surface area contributed by atoms with E-state index >= 15 is 0 Å². The van der Waals surface area contributed by atoms with Gasteiger partial charge in [-0.15, -0.1) is 0 Å². The number of carbonyl (C=O) groups excluding carboxylic acids is 1. The SMILES string of the molecule is [CH2]CCc1cccc(NC(=O)OC(C)(C)C)c1. The van der Waals surface area contributed by atoms with Gasteiger partial charge in [-0.2, -0.15) is 0 Å². The zero-order chi connectivity index (χ0) is 12.9. The Bertz CT molecular complexity index is 380. The van der Waals surface area contributed by atoms with Crippen LogP contribution in [0.2, 0.25) is 0 Å². The summed E-state index contributed by atoms with van der Waals surface area (Å²) in [6, 6.07) is 7.72. The lowest BCUT2D eigenvalue weighted by molar-refractivity contribution is 0.0636. The second-order valence-electron chi connectivity index (χ2n) is 4.93. The molecule has 1 rings (SSSR count). The quantitative estimate of drug-likeness (QED) is 0.863. The van der Waals surface area contributed by atoms with Gasteiger partial charge in [-0.3, -0.25) is 5.32 Å². The minimum absolute atomic E-state index is 0.427. The van der Waals surface area contributed by atoms with Gasteiger partial charge in [0.2, 0.25) is 0 Å². The second kappa shape index (κ2) is 5.71. The fourth-order valence-electron chi connectivity index (χ4n) is 1.43. The summed E-state index contributed by atoms with van der Waals surface area (Å²) in [5.41, 5.74) is 1.44. The standard InChI is InChI=1S/C14H20NO2/c1-5-7-11-8-6-9-12(10-11)15-13(16)17-14(2,3)4/h6,8-10H,1,5,7H2,2-4H3,(H,15,16). The Kier molecular flexibility index (Phi) is 4.55. The zero-order valence-electron chi connectivity index (χ0n) is 10.7. The summed E-state index contributed by atoms with van der Waals surface area (Å²) in [7, 11) is 0. The molecule has 1 amide bonds. The maximum absolute atomic E-state index is 11.6. The first-order chi connectivity index (χ1) is 7.90. The summed E-state index contributed by atoms with van der Waals surface area (Å²) < 4.78 is 5.18. The monoisotopic (exact) mass is 234 g/mol. The normalized spacial score (nSPS) is 11.1. The van der Waals surface area contributed by atoms with Crippen LogP contribution in [0.3, 0.4) is 0 Å². The lowest BCUT2D eigenvalue weighted by Gasteiger charge is -2.19. The number of hydrogen-bond acceptors (Lipinski definition) is 2. The van der Waals surface area contributed by atoms with Crippen LogP contribution in [0.15, 0.2) is 24.3 Å². The van der Waals surface area contributed by atoms with E-state index in [9.17, 15) is 4.79 Å². The Morgan fingerprint density at radius 2 is 2.12 bits per heavy atom. The van der Waals surface area contributed by atoms with E-state index in [0.29, 0.717) is 0 Å². The molecule has 17 heavy (non-hydrogen) atoms. The summed E-state index contributed by atoms with van der Waals surface area (Å²) in [5, 5.41) is 2.72. The molecular weight excluding hydrogens is 214 g/mol. The van der Waals surface area contributed by atoms with Gasteiger partial charge < -0.3 is 4.74 Å². The van der Waals surface area contributed by atoms with Crippen LogP contribution in [0.1, 0.15) is 32.8 Å². The van der Waals surface area contributed by atoms with Crippen molar-refractivity contribution in [2.75, 3.05) is 5.32 Å². The Morgan fingerprint density at radius 1 is 1.41 bits per heavy atom. The first-order valence-corrected chi connectivity index (χ1v) is 5.79. The number of aryl methyl sites for hydroxylation is 1. The highest BCUT2D eigenvalue weighted by molar-refractivity contribution is 5.84. The van der Waals surface area contributed by atoms with E-state index < -0.39 is 11.7 Å². The number of anilines is 1. The van der Waals surface area contributed by atoms with Crippen molar-refractivity contribution in [3.63, 3.8) is 0 Å². The first kappa shape index (κ1) is 13.6. The van der Waals surface area contributed by atoms with E-state index in [1.54, 1.807) is 0 Å². The Morgan fingerprint density at radius 3 is 2.71 bits per heavy atom. The summed E-state index contributed by atoms with van der Waals surface area (Å²) in [6.45, 7) is 9.33. The molecule has 1 aromatic rings. The van der Waals surface area contributed by atoms with Gasteiger partial charge in [0.15, 0.2) is 0 Å². The maximum Gasteiger partial charge on any atom is 0.412 e. The molecule has 0 saturated heterocycles. The molecule has 1 radical (unpaired) electrons. The molecule has 0 aliphatic carbocycles. The van der Waals surface area contributed by atoms with Crippen molar-refractivity contribution in [1.82, 2.24) is 0 Å². The van der Waals surface area contributed by atoms with Crippen LogP contribution in [0.4, 0.5) is 10.5 Å². The number of rotatable bonds is 3. The van der Waals surface area contributed by atoms with E-state index in [0.717, 1.165) is 24.1 Å². The third-order valence-electron chi connectivity index (χ3n) is 2.04. The minimum Gasteiger partial charge on any atom is -0.444 e. The van der Waals surface area contributed by atoms with Crippen molar-refractivity contribution in [2.24, 2.45) is 0 Å². The van der Waals surface area contributed by atoms with Crippen molar-refractivity contribution in [2.45, 2.75) is 39.2 Å². The maximum atomic E-state index is 11.6. The summed E-state index contributed by atoms with van der Waals surface area (Å²) >= 11 is 0. The van der Waals surface area contributed by atoms with Crippen LogP contribution in [-0.4, -0.2) is 11.7 Å². The van der Waals surface area contributed by atoms with Crippen LogP contribution >= 0.6 is 0 Å². The highest BCUT2D eigenvalue weighted by atomic mass is 16.6. The molecule has 0 spiro atoms. The van der Waals surface area contributed by atoms with Gasteiger partial charge in [-0.05, 0) is 51.3 Å². The van der Waals surface area contributed by atoms with Crippen molar-refractivity contribution < 1.29 is 9.53 Å². The minimum atomic E-state index is -0.477. The molecule has 0 aliphatic rings. The second-order valence-corrected chi connectivity index (χ2v) is 4.93. The van der Waals surface area contributed by atoms with E-state index in [2.05, 4.69) is 12.2 Å². The Balaban J connectivity index is 2.62. The third-order valence-corrected chi connectivity index (χ3v) is 2.04. The largest absolute Gasteiger partial charge is 0.444 e. The van der Waals surface area contributed by atoms with E-state index in [1.165, 1.54) is 0 Å². The van der Waals surface area contributed by atoms with Gasteiger partial charge >= 0.3 is 6.09 Å². The van der Waals surface area contributed by atoms with Crippen molar-refractivity contribution in [1.29, 1.82) is 0 Å². The molecule has 0 heterocycles.